The molecule has 1 aliphatic heterocycles. The van der Waals surface area contributed by atoms with Gasteiger partial charge in [-0.3, -0.25) is 14.5 Å². The van der Waals surface area contributed by atoms with Crippen LogP contribution >= 0.6 is 0 Å². The van der Waals surface area contributed by atoms with Gasteiger partial charge in [0.05, 0.1) is 10.0 Å². The summed E-state index contributed by atoms with van der Waals surface area (Å²) in [6, 6.07) is 0. The Balaban J connectivity index is 2.59. The Bertz CT molecular complexity index is 661. The van der Waals surface area contributed by atoms with E-state index in [-0.39, 0.29) is 6.54 Å². The normalized spacial score (nSPS) is 16.8. The van der Waals surface area contributed by atoms with E-state index in [1.165, 1.54) is 0 Å². The molecule has 1 aliphatic rings. The standard InChI is InChI=1S/C8H8F3N2O6S2/c9-8(10,11)21(18,19)12-20(16,17)5-1-4-13-6(14)2-3-7(13)15/h2-3H,1,4-5H2/q-1. The zero-order valence-corrected chi connectivity index (χ0v) is 11.7. The van der Waals surface area contributed by atoms with Crippen molar-refractivity contribution in [2.24, 2.45) is 0 Å². The number of halogens is 3. The van der Waals surface area contributed by atoms with Crippen LogP contribution in [0.5, 0.6) is 0 Å². The van der Waals surface area contributed by atoms with Gasteiger partial charge in [0.1, 0.15) is 0 Å². The molecule has 0 spiro atoms. The lowest BCUT2D eigenvalue weighted by atomic mass is 10.4. The van der Waals surface area contributed by atoms with Crippen molar-refractivity contribution in [3.8, 4) is 0 Å². The van der Waals surface area contributed by atoms with Crippen molar-refractivity contribution in [2.75, 3.05) is 12.3 Å². The van der Waals surface area contributed by atoms with Crippen LogP contribution in [0, 0.1) is 0 Å². The third-order valence-corrected chi connectivity index (χ3v) is 5.27. The van der Waals surface area contributed by atoms with Crippen LogP contribution in [0.4, 0.5) is 13.2 Å². The van der Waals surface area contributed by atoms with Crippen LogP contribution in [0.15, 0.2) is 12.2 Å². The molecule has 1 rings (SSSR count). The number of imide groups is 1. The van der Waals surface area contributed by atoms with Gasteiger partial charge in [-0.15, -0.1) is 0 Å². The highest BCUT2D eigenvalue weighted by atomic mass is 32.3. The van der Waals surface area contributed by atoms with E-state index in [9.17, 15) is 39.6 Å². The predicted molar refractivity (Wildman–Crippen MR) is 62.6 cm³/mol. The van der Waals surface area contributed by atoms with Gasteiger partial charge in [-0.25, -0.2) is 16.8 Å². The van der Waals surface area contributed by atoms with Crippen LogP contribution in [-0.2, 0) is 29.6 Å². The van der Waals surface area contributed by atoms with Crippen LogP contribution in [-0.4, -0.2) is 51.4 Å². The second-order valence-electron chi connectivity index (χ2n) is 3.80. The summed E-state index contributed by atoms with van der Waals surface area (Å²) in [6.45, 7) is -0.383. The van der Waals surface area contributed by atoms with Crippen molar-refractivity contribution in [3.05, 3.63) is 16.3 Å². The molecule has 0 fully saturated rings. The number of nitrogens with zero attached hydrogens (tertiary/aromatic N) is 2. The van der Waals surface area contributed by atoms with Gasteiger partial charge in [-0.2, -0.15) is 13.2 Å². The molecule has 1 heterocycles. The van der Waals surface area contributed by atoms with Gasteiger partial charge in [0, 0.05) is 24.4 Å². The first kappa shape index (κ1) is 17.6. The third kappa shape index (κ3) is 4.50. The summed E-state index contributed by atoms with van der Waals surface area (Å²) in [5, 5.41) is 0. The minimum atomic E-state index is -6.15. The lowest BCUT2D eigenvalue weighted by molar-refractivity contribution is -0.136. The molecule has 0 saturated heterocycles. The van der Waals surface area contributed by atoms with Crippen molar-refractivity contribution in [2.45, 2.75) is 11.9 Å². The molecule has 0 atom stereocenters. The summed E-state index contributed by atoms with van der Waals surface area (Å²) < 4.78 is 81.3. The van der Waals surface area contributed by atoms with Crippen molar-refractivity contribution in [1.29, 1.82) is 0 Å². The topological polar surface area (TPSA) is 120 Å². The van der Waals surface area contributed by atoms with Crippen LogP contribution in [0.3, 0.4) is 0 Å². The average molecular weight is 349 g/mol. The van der Waals surface area contributed by atoms with Gasteiger partial charge >= 0.3 is 5.51 Å². The van der Waals surface area contributed by atoms with E-state index in [0.717, 1.165) is 12.2 Å². The Morgan fingerprint density at radius 1 is 1.05 bits per heavy atom. The fourth-order valence-electron chi connectivity index (χ4n) is 1.29. The SMILES string of the molecule is O=C1C=CC(=O)N1CCCS(=O)(=O)[N-]S(=O)(=O)C(F)(F)F. The molecule has 8 nitrogen and oxygen atoms in total. The van der Waals surface area contributed by atoms with Gasteiger partial charge in [0.25, 0.3) is 11.8 Å². The van der Waals surface area contributed by atoms with Crippen LogP contribution < -0.4 is 0 Å². The quantitative estimate of drug-likeness (QED) is 0.615. The first-order valence-corrected chi connectivity index (χ1v) is 8.22. The minimum Gasteiger partial charge on any atom is -0.428 e. The van der Waals surface area contributed by atoms with Crippen LogP contribution in [0.1, 0.15) is 6.42 Å². The van der Waals surface area contributed by atoms with Gasteiger partial charge in [0.2, 0.25) is 0 Å². The highest BCUT2D eigenvalue weighted by molar-refractivity contribution is 8.12. The van der Waals surface area contributed by atoms with Gasteiger partial charge in [-0.05, 0) is 6.42 Å². The number of hydrogen-bond donors (Lipinski definition) is 0. The zero-order valence-electron chi connectivity index (χ0n) is 10.1. The Labute approximate surface area is 117 Å². The van der Waals surface area contributed by atoms with E-state index in [1.54, 1.807) is 0 Å². The molecule has 0 aliphatic carbocycles. The smallest absolute Gasteiger partial charge is 0.428 e. The number of hydrogen-bond acceptors (Lipinski definition) is 6. The van der Waals surface area contributed by atoms with E-state index in [2.05, 4.69) is 0 Å². The van der Waals surface area contributed by atoms with Crippen molar-refractivity contribution < 1.29 is 39.6 Å². The second-order valence-corrected chi connectivity index (χ2v) is 7.38. The molecule has 0 saturated carbocycles. The first-order chi connectivity index (χ1) is 9.36. The second kappa shape index (κ2) is 5.73. The maximum absolute atomic E-state index is 12.0. The summed E-state index contributed by atoms with van der Waals surface area (Å²) in [7, 11) is -11.1. The summed E-state index contributed by atoms with van der Waals surface area (Å²) in [5.74, 6) is -2.45. The number of carbonyl (C=O) groups excluding carboxylic acids is 2. The number of sulfonamides is 2. The van der Waals surface area contributed by atoms with Gasteiger partial charge < -0.3 is 4.13 Å². The number of alkyl halides is 3. The van der Waals surface area contributed by atoms with E-state index < -0.39 is 49.5 Å². The highest BCUT2D eigenvalue weighted by Crippen LogP contribution is 2.30. The Morgan fingerprint density at radius 2 is 1.52 bits per heavy atom. The fraction of sp³-hybridized carbons (Fsp3) is 0.500. The minimum absolute atomic E-state index is 0.383. The maximum atomic E-state index is 12.0. The van der Waals surface area contributed by atoms with Gasteiger partial charge in [0.15, 0.2) is 10.0 Å². The molecule has 21 heavy (non-hydrogen) atoms. The van der Waals surface area contributed by atoms with E-state index in [1.807, 2.05) is 4.13 Å². The van der Waals surface area contributed by atoms with Gasteiger partial charge in [-0.1, -0.05) is 0 Å². The lowest BCUT2D eigenvalue weighted by Crippen LogP contribution is -2.32. The monoisotopic (exact) mass is 349 g/mol. The average Bonchev–Trinajstić information content (AvgIpc) is 2.57. The molecule has 120 valence electrons. The van der Waals surface area contributed by atoms with E-state index in [0.29, 0.717) is 4.90 Å². The van der Waals surface area contributed by atoms with Crippen molar-refractivity contribution >= 4 is 31.9 Å². The van der Waals surface area contributed by atoms with E-state index >= 15 is 0 Å². The summed E-state index contributed by atoms with van der Waals surface area (Å²) >= 11 is 0. The molecule has 0 aromatic carbocycles. The Morgan fingerprint density at radius 3 is 1.95 bits per heavy atom. The molecular weight excluding hydrogens is 341 g/mol. The highest BCUT2D eigenvalue weighted by Gasteiger charge is 2.40. The maximum Gasteiger partial charge on any atom is 0.480 e. The molecule has 13 heteroatoms. The molecule has 0 radical (unpaired) electrons. The molecule has 0 aromatic rings. The molecule has 0 unspecified atom stereocenters. The zero-order chi connectivity index (χ0) is 16.5. The molecule has 0 aromatic heterocycles. The summed E-state index contributed by atoms with van der Waals surface area (Å²) in [5.41, 5.74) is -5.81. The third-order valence-electron chi connectivity index (χ3n) is 2.19. The Hall–Kier alpha value is -1.47. The van der Waals surface area contributed by atoms with Crippen LogP contribution in [0.2, 0.25) is 0 Å². The molecule has 0 N–H and O–H groups in total. The molecule has 0 bridgehead atoms. The van der Waals surface area contributed by atoms with Crippen molar-refractivity contribution in [3.63, 3.8) is 0 Å². The first-order valence-electron chi connectivity index (χ1n) is 5.17. The lowest BCUT2D eigenvalue weighted by Gasteiger charge is -2.22. The molecule has 2 amide bonds. The Kier molecular flexibility index (Phi) is 4.80. The largest absolute Gasteiger partial charge is 0.480 e. The summed E-state index contributed by atoms with van der Waals surface area (Å²) in [4.78, 5) is 22.9. The number of amides is 2. The van der Waals surface area contributed by atoms with Crippen molar-refractivity contribution in [1.82, 2.24) is 4.90 Å². The summed E-state index contributed by atoms with van der Waals surface area (Å²) in [6.07, 6.45) is 1.43. The number of rotatable bonds is 6. The fourth-order valence-corrected chi connectivity index (χ4v) is 3.61. The van der Waals surface area contributed by atoms with E-state index in [4.69, 9.17) is 0 Å². The number of carbonyl (C=O) groups is 2. The molecular formula is C8H8F3N2O6S2-. The van der Waals surface area contributed by atoms with Crippen LogP contribution in [0.25, 0.3) is 4.13 Å². The predicted octanol–water partition coefficient (Wildman–Crippen LogP) is -0.145.